The Bertz CT molecular complexity index is 504. The molecule has 0 aliphatic rings. The van der Waals surface area contributed by atoms with Gasteiger partial charge in [0.25, 0.3) is 0 Å². The highest BCUT2D eigenvalue weighted by molar-refractivity contribution is 5.19. The number of rotatable bonds is 5. The molecule has 1 N–H and O–H groups in total. The fraction of sp³-hybridized carbons (Fsp3) is 0.333. The smallest absolute Gasteiger partial charge is 0.151 e. The lowest BCUT2D eigenvalue weighted by Crippen LogP contribution is -2.19. The fourth-order valence-electron chi connectivity index (χ4n) is 1.61. The third kappa shape index (κ3) is 3.10. The van der Waals surface area contributed by atoms with Crippen LogP contribution in [0.25, 0.3) is 0 Å². The Hall–Kier alpha value is -1.82. The summed E-state index contributed by atoms with van der Waals surface area (Å²) in [7, 11) is 1.79. The molecule has 18 heavy (non-hydrogen) atoms. The molecular weight excluding hydrogens is 238 g/mol. The molecule has 1 heterocycles. The summed E-state index contributed by atoms with van der Waals surface area (Å²) in [6.07, 6.45) is 2.24. The molecule has 0 aliphatic carbocycles. The largest absolute Gasteiger partial charge is 0.312 e. The van der Waals surface area contributed by atoms with Crippen LogP contribution in [0.2, 0.25) is 0 Å². The monoisotopic (exact) mass is 252 g/mol. The van der Waals surface area contributed by atoms with Crippen molar-refractivity contribution in [2.24, 2.45) is 7.05 Å². The van der Waals surface area contributed by atoms with E-state index in [-0.39, 0.29) is 12.1 Å². The molecule has 0 saturated heterocycles. The summed E-state index contributed by atoms with van der Waals surface area (Å²) in [5.41, 5.74) is 0.0616. The van der Waals surface area contributed by atoms with Gasteiger partial charge in [-0.2, -0.15) is 5.10 Å². The Balaban J connectivity index is 1.82. The van der Waals surface area contributed by atoms with E-state index in [2.05, 4.69) is 15.4 Å². The van der Waals surface area contributed by atoms with E-state index in [0.717, 1.165) is 0 Å². The van der Waals surface area contributed by atoms with Crippen LogP contribution in [-0.2, 0) is 20.0 Å². The minimum absolute atomic E-state index is 0.0616. The summed E-state index contributed by atoms with van der Waals surface area (Å²) < 4.78 is 28.2. The van der Waals surface area contributed by atoms with E-state index in [1.54, 1.807) is 18.1 Å². The first-order valence-electron chi connectivity index (χ1n) is 5.65. The molecule has 2 rings (SSSR count). The van der Waals surface area contributed by atoms with Crippen molar-refractivity contribution in [2.45, 2.75) is 13.0 Å². The Morgan fingerprint density at radius 2 is 2.00 bits per heavy atom. The minimum atomic E-state index is -0.529. The van der Waals surface area contributed by atoms with E-state index >= 15 is 0 Å². The first-order valence-corrected chi connectivity index (χ1v) is 5.65. The number of halogens is 2. The molecule has 1 aromatic carbocycles. The van der Waals surface area contributed by atoms with E-state index in [0.29, 0.717) is 18.8 Å². The third-order valence-corrected chi connectivity index (χ3v) is 2.54. The van der Waals surface area contributed by atoms with Gasteiger partial charge in [-0.3, -0.25) is 4.68 Å². The van der Waals surface area contributed by atoms with E-state index in [1.165, 1.54) is 18.2 Å². The third-order valence-electron chi connectivity index (χ3n) is 2.54. The Morgan fingerprint density at radius 3 is 2.61 bits per heavy atom. The van der Waals surface area contributed by atoms with Crippen LogP contribution >= 0.6 is 0 Å². The average molecular weight is 252 g/mol. The van der Waals surface area contributed by atoms with Crippen LogP contribution in [-0.4, -0.2) is 21.3 Å². The second-order valence-electron chi connectivity index (χ2n) is 3.96. The van der Waals surface area contributed by atoms with E-state index in [1.807, 2.05) is 0 Å². The van der Waals surface area contributed by atoms with Gasteiger partial charge in [0.15, 0.2) is 5.82 Å². The van der Waals surface area contributed by atoms with Gasteiger partial charge in [0.1, 0.15) is 18.0 Å². The van der Waals surface area contributed by atoms with Gasteiger partial charge in [0.2, 0.25) is 0 Å². The predicted octanol–water partition coefficient (Wildman–Crippen LogP) is 1.43. The van der Waals surface area contributed by atoms with E-state index < -0.39 is 11.6 Å². The summed E-state index contributed by atoms with van der Waals surface area (Å²) in [5, 5.41) is 7.08. The van der Waals surface area contributed by atoms with Crippen molar-refractivity contribution >= 4 is 0 Å². The van der Waals surface area contributed by atoms with Gasteiger partial charge in [-0.15, -0.1) is 0 Å². The quantitative estimate of drug-likeness (QED) is 0.818. The molecule has 0 unspecified atom stereocenters. The van der Waals surface area contributed by atoms with E-state index in [9.17, 15) is 8.78 Å². The molecule has 2 aromatic rings. The summed E-state index contributed by atoms with van der Waals surface area (Å²) in [6, 6.07) is 3.85. The lowest BCUT2D eigenvalue weighted by Gasteiger charge is -2.05. The van der Waals surface area contributed by atoms with Crippen molar-refractivity contribution in [3.05, 3.63) is 47.5 Å². The molecule has 0 fully saturated rings. The normalized spacial score (nSPS) is 10.8. The zero-order chi connectivity index (χ0) is 13.0. The van der Waals surface area contributed by atoms with Crippen molar-refractivity contribution in [2.75, 3.05) is 6.54 Å². The van der Waals surface area contributed by atoms with Crippen LogP contribution in [0, 0.1) is 11.6 Å². The number of hydrogen-bond donors (Lipinski definition) is 1. The molecule has 1 aromatic heterocycles. The van der Waals surface area contributed by atoms with Crippen LogP contribution in [0.5, 0.6) is 0 Å². The number of aromatic nitrogens is 3. The number of benzene rings is 1. The topological polar surface area (TPSA) is 42.7 Å². The molecule has 0 radical (unpaired) electrons. The summed E-state index contributed by atoms with van der Waals surface area (Å²) >= 11 is 0. The second-order valence-corrected chi connectivity index (χ2v) is 3.96. The molecule has 4 nitrogen and oxygen atoms in total. The average Bonchev–Trinajstić information content (AvgIpc) is 2.73. The lowest BCUT2D eigenvalue weighted by molar-refractivity contribution is 0.535. The van der Waals surface area contributed by atoms with Gasteiger partial charge in [-0.25, -0.2) is 13.8 Å². The molecule has 96 valence electrons. The molecule has 0 spiro atoms. The van der Waals surface area contributed by atoms with Crippen LogP contribution in [0.3, 0.4) is 0 Å². The van der Waals surface area contributed by atoms with Gasteiger partial charge in [0, 0.05) is 32.1 Å². The number of nitrogens with one attached hydrogen (secondary N) is 1. The SMILES string of the molecule is Cn1cnc(CCNCc2c(F)cccc2F)n1. The summed E-state index contributed by atoms with van der Waals surface area (Å²) in [4.78, 5) is 4.06. The Labute approximate surface area is 104 Å². The zero-order valence-electron chi connectivity index (χ0n) is 10.0. The summed E-state index contributed by atoms with van der Waals surface area (Å²) in [5.74, 6) is -0.351. The number of hydrogen-bond acceptors (Lipinski definition) is 3. The standard InChI is InChI=1S/C12H14F2N4/c1-18-8-16-12(17-18)5-6-15-7-9-10(13)3-2-4-11(9)14/h2-4,8,15H,5-7H2,1H3. The van der Waals surface area contributed by atoms with Crippen molar-refractivity contribution < 1.29 is 8.78 Å². The van der Waals surface area contributed by atoms with Crippen LogP contribution in [0.4, 0.5) is 8.78 Å². The molecule has 6 heteroatoms. The maximum atomic E-state index is 13.3. The molecule has 0 bridgehead atoms. The highest BCUT2D eigenvalue weighted by atomic mass is 19.1. The highest BCUT2D eigenvalue weighted by Crippen LogP contribution is 2.11. The maximum Gasteiger partial charge on any atom is 0.151 e. The number of nitrogens with zero attached hydrogens (tertiary/aromatic N) is 3. The fourth-order valence-corrected chi connectivity index (χ4v) is 1.61. The van der Waals surface area contributed by atoms with Crippen molar-refractivity contribution in [3.63, 3.8) is 0 Å². The molecule has 0 amide bonds. The highest BCUT2D eigenvalue weighted by Gasteiger charge is 2.07. The summed E-state index contributed by atoms with van der Waals surface area (Å²) in [6.45, 7) is 0.725. The molecule has 0 atom stereocenters. The molecule has 0 aliphatic heterocycles. The zero-order valence-corrected chi connectivity index (χ0v) is 10.0. The lowest BCUT2D eigenvalue weighted by atomic mass is 10.2. The second kappa shape index (κ2) is 5.68. The van der Waals surface area contributed by atoms with Crippen molar-refractivity contribution in [3.8, 4) is 0 Å². The van der Waals surface area contributed by atoms with Gasteiger partial charge >= 0.3 is 0 Å². The first kappa shape index (κ1) is 12.6. The van der Waals surface area contributed by atoms with E-state index in [4.69, 9.17) is 0 Å². The van der Waals surface area contributed by atoms with Crippen LogP contribution in [0.1, 0.15) is 11.4 Å². The van der Waals surface area contributed by atoms with Crippen LogP contribution in [0.15, 0.2) is 24.5 Å². The first-order chi connectivity index (χ1) is 8.66. The van der Waals surface area contributed by atoms with Gasteiger partial charge in [-0.05, 0) is 12.1 Å². The number of aryl methyl sites for hydroxylation is 1. The van der Waals surface area contributed by atoms with Gasteiger partial charge < -0.3 is 5.32 Å². The van der Waals surface area contributed by atoms with Gasteiger partial charge in [-0.1, -0.05) is 6.07 Å². The Kier molecular flexibility index (Phi) is 3.99. The minimum Gasteiger partial charge on any atom is -0.312 e. The Morgan fingerprint density at radius 1 is 1.28 bits per heavy atom. The maximum absolute atomic E-state index is 13.3. The predicted molar refractivity (Wildman–Crippen MR) is 62.8 cm³/mol. The van der Waals surface area contributed by atoms with Crippen molar-refractivity contribution in [1.82, 2.24) is 20.1 Å². The molecular formula is C12H14F2N4. The van der Waals surface area contributed by atoms with Crippen molar-refractivity contribution in [1.29, 1.82) is 0 Å². The molecule has 0 saturated carbocycles. The van der Waals surface area contributed by atoms with Crippen LogP contribution < -0.4 is 5.32 Å². The van der Waals surface area contributed by atoms with Gasteiger partial charge in [0.05, 0.1) is 0 Å².